The van der Waals surface area contributed by atoms with E-state index in [0.717, 1.165) is 42.6 Å². The van der Waals surface area contributed by atoms with Crippen LogP contribution in [0, 0.1) is 0 Å². The van der Waals surface area contributed by atoms with Gasteiger partial charge in [0.15, 0.2) is 0 Å². The molecule has 0 spiro atoms. The van der Waals surface area contributed by atoms with E-state index in [-0.39, 0.29) is 18.4 Å². The quantitative estimate of drug-likeness (QED) is 0.737. The number of rotatable bonds is 5. The number of guanidine groups is 2. The van der Waals surface area contributed by atoms with Crippen LogP contribution in [0.5, 0.6) is 5.75 Å². The molecule has 1 atom stereocenters. The largest absolute Gasteiger partial charge is 0.495 e. The molecule has 2 aliphatic heterocycles. The van der Waals surface area contributed by atoms with Crippen LogP contribution in [0.2, 0.25) is 0 Å². The second-order valence-corrected chi connectivity index (χ2v) is 7.11. The SMILES string of the molecule is CCc1ccc(NC2N=C(N)N=C(N3CCOCC3)N2c2ccccc2OC)cc1.Cl. The molecule has 0 saturated carbocycles. The Hall–Kier alpha value is -2.97. The first-order valence-electron chi connectivity index (χ1n) is 10.2. The van der Waals surface area contributed by atoms with Gasteiger partial charge >= 0.3 is 0 Å². The molecule has 3 N–H and O–H groups in total. The molecule has 0 aliphatic carbocycles. The first kappa shape index (κ1) is 22.7. The third-order valence-electron chi connectivity index (χ3n) is 5.23. The molecular weight excluding hydrogens is 416 g/mol. The maximum Gasteiger partial charge on any atom is 0.222 e. The Labute approximate surface area is 189 Å². The van der Waals surface area contributed by atoms with E-state index in [0.29, 0.717) is 13.2 Å². The molecule has 2 aromatic rings. The van der Waals surface area contributed by atoms with Gasteiger partial charge in [-0.25, -0.2) is 4.99 Å². The van der Waals surface area contributed by atoms with E-state index in [4.69, 9.17) is 15.2 Å². The number of hydrogen-bond donors (Lipinski definition) is 2. The number of nitrogens with two attached hydrogens (primary N) is 1. The van der Waals surface area contributed by atoms with E-state index >= 15 is 0 Å². The summed E-state index contributed by atoms with van der Waals surface area (Å²) in [5.74, 6) is 1.71. The monoisotopic (exact) mass is 444 g/mol. The van der Waals surface area contributed by atoms with Crippen LogP contribution >= 0.6 is 12.4 Å². The van der Waals surface area contributed by atoms with Crippen LogP contribution in [-0.4, -0.2) is 56.5 Å². The predicted molar refractivity (Wildman–Crippen MR) is 127 cm³/mol. The van der Waals surface area contributed by atoms with Crippen molar-refractivity contribution in [3.05, 3.63) is 54.1 Å². The van der Waals surface area contributed by atoms with E-state index < -0.39 is 6.29 Å². The Morgan fingerprint density at radius 3 is 2.52 bits per heavy atom. The molecule has 166 valence electrons. The molecule has 0 aromatic heterocycles. The number of anilines is 2. The number of aryl methyl sites for hydroxylation is 1. The fraction of sp³-hybridized carbons (Fsp3) is 0.364. The zero-order valence-electron chi connectivity index (χ0n) is 17.8. The van der Waals surface area contributed by atoms with Gasteiger partial charge in [0, 0.05) is 18.8 Å². The molecule has 1 unspecified atom stereocenters. The summed E-state index contributed by atoms with van der Waals surface area (Å²) >= 11 is 0. The maximum absolute atomic E-state index is 6.14. The number of methoxy groups -OCH3 is 1. The van der Waals surface area contributed by atoms with Crippen LogP contribution < -0.4 is 20.7 Å². The average Bonchev–Trinajstić information content (AvgIpc) is 2.80. The second-order valence-electron chi connectivity index (χ2n) is 7.11. The normalized spacial score (nSPS) is 18.6. The number of morpholine rings is 1. The lowest BCUT2D eigenvalue weighted by Crippen LogP contribution is -2.57. The summed E-state index contributed by atoms with van der Waals surface area (Å²) in [4.78, 5) is 13.4. The molecule has 0 bridgehead atoms. The minimum absolute atomic E-state index is 0. The smallest absolute Gasteiger partial charge is 0.222 e. The number of hydrogen-bond acceptors (Lipinski definition) is 8. The van der Waals surface area contributed by atoms with E-state index in [1.807, 2.05) is 29.2 Å². The first-order valence-corrected chi connectivity index (χ1v) is 10.2. The van der Waals surface area contributed by atoms with Crippen molar-refractivity contribution in [1.29, 1.82) is 0 Å². The van der Waals surface area contributed by atoms with Crippen molar-refractivity contribution < 1.29 is 9.47 Å². The molecule has 0 radical (unpaired) electrons. The van der Waals surface area contributed by atoms with E-state index in [2.05, 4.69) is 51.4 Å². The molecule has 9 heteroatoms. The van der Waals surface area contributed by atoms with Gasteiger partial charge in [-0.3, -0.25) is 4.90 Å². The fourth-order valence-electron chi connectivity index (χ4n) is 3.61. The van der Waals surface area contributed by atoms with Gasteiger partial charge in [0.05, 0.1) is 26.0 Å². The van der Waals surface area contributed by atoms with Crippen molar-refractivity contribution in [2.24, 2.45) is 15.7 Å². The van der Waals surface area contributed by atoms with Crippen LogP contribution in [-0.2, 0) is 11.2 Å². The van der Waals surface area contributed by atoms with Crippen molar-refractivity contribution in [2.45, 2.75) is 19.6 Å². The van der Waals surface area contributed by atoms with Crippen molar-refractivity contribution >= 4 is 35.7 Å². The summed E-state index contributed by atoms with van der Waals surface area (Å²) in [6.45, 7) is 4.90. The molecule has 8 nitrogen and oxygen atoms in total. The second kappa shape index (κ2) is 10.4. The molecule has 2 aromatic carbocycles. The summed E-state index contributed by atoms with van der Waals surface area (Å²) in [5.41, 5.74) is 9.24. The lowest BCUT2D eigenvalue weighted by molar-refractivity contribution is 0.0671. The molecular formula is C22H29ClN6O2. The highest BCUT2D eigenvalue weighted by atomic mass is 35.5. The van der Waals surface area contributed by atoms with Gasteiger partial charge in [0.1, 0.15) is 5.75 Å². The van der Waals surface area contributed by atoms with Crippen LogP contribution in [0.15, 0.2) is 58.5 Å². The Bertz CT molecular complexity index is 928. The fourth-order valence-corrected chi connectivity index (χ4v) is 3.61. The van der Waals surface area contributed by atoms with Crippen molar-refractivity contribution in [3.8, 4) is 5.75 Å². The summed E-state index contributed by atoms with van der Waals surface area (Å²) in [7, 11) is 1.66. The Morgan fingerprint density at radius 1 is 1.13 bits per heavy atom. The molecule has 1 fully saturated rings. The number of para-hydroxylation sites is 2. The Balaban J connectivity index is 0.00000272. The first-order chi connectivity index (χ1) is 14.7. The topological polar surface area (TPSA) is 87.7 Å². The number of nitrogens with one attached hydrogen (secondary N) is 1. The van der Waals surface area contributed by atoms with E-state index in [1.54, 1.807) is 7.11 Å². The summed E-state index contributed by atoms with van der Waals surface area (Å²) in [6, 6.07) is 16.2. The maximum atomic E-state index is 6.14. The third kappa shape index (κ3) is 5.03. The minimum Gasteiger partial charge on any atom is -0.495 e. The van der Waals surface area contributed by atoms with Gasteiger partial charge < -0.3 is 25.4 Å². The molecule has 31 heavy (non-hydrogen) atoms. The molecule has 2 aliphatic rings. The number of halogens is 1. The van der Waals surface area contributed by atoms with Gasteiger partial charge in [-0.15, -0.1) is 12.4 Å². The summed E-state index contributed by atoms with van der Waals surface area (Å²) in [6.07, 6.45) is 0.528. The lowest BCUT2D eigenvalue weighted by atomic mass is 10.1. The number of nitrogens with zero attached hydrogens (tertiary/aromatic N) is 4. The third-order valence-corrected chi connectivity index (χ3v) is 5.23. The van der Waals surface area contributed by atoms with Crippen LogP contribution in [0.1, 0.15) is 12.5 Å². The van der Waals surface area contributed by atoms with Gasteiger partial charge in [-0.05, 0) is 36.2 Å². The van der Waals surface area contributed by atoms with Crippen LogP contribution in [0.25, 0.3) is 0 Å². The van der Waals surface area contributed by atoms with Crippen LogP contribution in [0.3, 0.4) is 0 Å². The minimum atomic E-state index is -0.468. The van der Waals surface area contributed by atoms with Crippen molar-refractivity contribution in [2.75, 3.05) is 43.6 Å². The zero-order valence-corrected chi connectivity index (χ0v) is 18.6. The van der Waals surface area contributed by atoms with Crippen LogP contribution in [0.4, 0.5) is 11.4 Å². The molecule has 0 amide bonds. The molecule has 4 rings (SSSR count). The zero-order chi connectivity index (χ0) is 20.9. The molecule has 1 saturated heterocycles. The highest BCUT2D eigenvalue weighted by Gasteiger charge is 2.33. The van der Waals surface area contributed by atoms with Crippen molar-refractivity contribution in [3.63, 3.8) is 0 Å². The molecule has 2 heterocycles. The average molecular weight is 445 g/mol. The lowest BCUT2D eigenvalue weighted by Gasteiger charge is -2.41. The van der Waals surface area contributed by atoms with E-state index in [1.165, 1.54) is 5.56 Å². The summed E-state index contributed by atoms with van der Waals surface area (Å²) in [5, 5.41) is 3.50. The van der Waals surface area contributed by atoms with E-state index in [9.17, 15) is 0 Å². The highest BCUT2D eigenvalue weighted by Crippen LogP contribution is 2.32. The van der Waals surface area contributed by atoms with Gasteiger partial charge in [0.25, 0.3) is 0 Å². The number of ether oxygens (including phenoxy) is 2. The summed E-state index contributed by atoms with van der Waals surface area (Å²) < 4.78 is 11.2. The van der Waals surface area contributed by atoms with Crippen molar-refractivity contribution in [1.82, 2.24) is 4.90 Å². The Kier molecular flexibility index (Phi) is 7.59. The van der Waals surface area contributed by atoms with Gasteiger partial charge in [-0.2, -0.15) is 4.99 Å². The predicted octanol–water partition coefficient (Wildman–Crippen LogP) is 2.90. The highest BCUT2D eigenvalue weighted by molar-refractivity contribution is 6.06. The Morgan fingerprint density at radius 2 is 1.84 bits per heavy atom. The standard InChI is InChI=1S/C22H28N6O2.ClH/c1-3-16-8-10-17(11-9-16)24-21-25-20(23)26-22(27-12-14-30-15-13-27)28(21)18-6-4-5-7-19(18)29-2;/h4-11,21,24H,3,12-15H2,1-2H3,(H2,23,25);1H. The van der Waals surface area contributed by atoms with Gasteiger partial charge in [0.2, 0.25) is 18.2 Å². The van der Waals surface area contributed by atoms with Gasteiger partial charge in [-0.1, -0.05) is 31.2 Å². The number of aliphatic imine (C=N–C) groups is 2. The number of benzene rings is 2.